The molecule has 5 heteroatoms. The average Bonchev–Trinajstić information content (AvgIpc) is 2.30. The molecule has 2 heterocycles. The van der Waals surface area contributed by atoms with Crippen molar-refractivity contribution in [3.63, 3.8) is 0 Å². The number of nitrogens with two attached hydrogens (primary N) is 1. The van der Waals surface area contributed by atoms with E-state index in [1.165, 1.54) is 0 Å². The van der Waals surface area contributed by atoms with Gasteiger partial charge in [-0.1, -0.05) is 0 Å². The van der Waals surface area contributed by atoms with E-state index < -0.39 is 0 Å². The summed E-state index contributed by atoms with van der Waals surface area (Å²) >= 11 is 0. The summed E-state index contributed by atoms with van der Waals surface area (Å²) < 4.78 is 5.17. The summed E-state index contributed by atoms with van der Waals surface area (Å²) in [4.78, 5) is 10.6. The molecule has 0 spiro atoms. The number of piperidine rings is 1. The Labute approximate surface area is 95.6 Å². The first-order valence-electron chi connectivity index (χ1n) is 5.61. The summed E-state index contributed by atoms with van der Waals surface area (Å²) in [6.45, 7) is 2.87. The van der Waals surface area contributed by atoms with E-state index in [0.717, 1.165) is 38.4 Å². The molecular weight excluding hydrogens is 204 g/mol. The molecule has 1 aromatic rings. The van der Waals surface area contributed by atoms with Gasteiger partial charge < -0.3 is 15.4 Å². The van der Waals surface area contributed by atoms with Gasteiger partial charge in [0, 0.05) is 26.8 Å². The first-order valence-corrected chi connectivity index (χ1v) is 5.61. The van der Waals surface area contributed by atoms with Crippen LogP contribution >= 0.6 is 0 Å². The summed E-state index contributed by atoms with van der Waals surface area (Å²) in [5.41, 5.74) is 5.62. The van der Waals surface area contributed by atoms with Crippen molar-refractivity contribution < 1.29 is 4.74 Å². The van der Waals surface area contributed by atoms with Crippen molar-refractivity contribution in [1.82, 2.24) is 9.97 Å². The molecule has 1 saturated heterocycles. The minimum absolute atomic E-state index is 0.483. The highest BCUT2D eigenvalue weighted by Gasteiger charge is 2.20. The second-order valence-corrected chi connectivity index (χ2v) is 4.19. The van der Waals surface area contributed by atoms with Crippen molar-refractivity contribution in [2.45, 2.75) is 12.8 Å². The SMILES string of the molecule is COCC1CCN(c2cncc(N)n2)CC1. The van der Waals surface area contributed by atoms with Gasteiger partial charge in [-0.15, -0.1) is 0 Å². The van der Waals surface area contributed by atoms with Gasteiger partial charge in [0.15, 0.2) is 0 Å². The zero-order valence-corrected chi connectivity index (χ0v) is 9.59. The Kier molecular flexibility index (Phi) is 3.56. The second-order valence-electron chi connectivity index (χ2n) is 4.19. The van der Waals surface area contributed by atoms with Crippen LogP contribution in [0.1, 0.15) is 12.8 Å². The molecule has 0 saturated carbocycles. The average molecular weight is 222 g/mol. The molecule has 5 nitrogen and oxygen atoms in total. The van der Waals surface area contributed by atoms with E-state index in [-0.39, 0.29) is 0 Å². The van der Waals surface area contributed by atoms with E-state index >= 15 is 0 Å². The minimum atomic E-state index is 0.483. The summed E-state index contributed by atoms with van der Waals surface area (Å²) in [6, 6.07) is 0. The Hall–Kier alpha value is -1.36. The smallest absolute Gasteiger partial charge is 0.149 e. The highest BCUT2D eigenvalue weighted by Crippen LogP contribution is 2.21. The quantitative estimate of drug-likeness (QED) is 0.824. The monoisotopic (exact) mass is 222 g/mol. The summed E-state index contributed by atoms with van der Waals surface area (Å²) in [6.07, 6.45) is 5.63. The third kappa shape index (κ3) is 2.61. The normalized spacial score (nSPS) is 17.7. The van der Waals surface area contributed by atoms with Crippen LogP contribution in [-0.2, 0) is 4.74 Å². The first kappa shape index (κ1) is 11.1. The highest BCUT2D eigenvalue weighted by atomic mass is 16.5. The lowest BCUT2D eigenvalue weighted by Crippen LogP contribution is -2.35. The van der Waals surface area contributed by atoms with Crippen molar-refractivity contribution in [3.05, 3.63) is 12.4 Å². The van der Waals surface area contributed by atoms with Crippen molar-refractivity contribution >= 4 is 11.6 Å². The van der Waals surface area contributed by atoms with E-state index in [1.54, 1.807) is 19.5 Å². The lowest BCUT2D eigenvalue weighted by molar-refractivity contribution is 0.139. The molecule has 1 aliphatic heterocycles. The zero-order valence-electron chi connectivity index (χ0n) is 9.59. The van der Waals surface area contributed by atoms with E-state index in [9.17, 15) is 0 Å². The number of hydrogen-bond acceptors (Lipinski definition) is 5. The number of anilines is 2. The fraction of sp³-hybridized carbons (Fsp3) is 0.636. The third-order valence-corrected chi connectivity index (χ3v) is 2.98. The van der Waals surface area contributed by atoms with Crippen LogP contribution in [-0.4, -0.2) is 36.8 Å². The fourth-order valence-electron chi connectivity index (χ4n) is 2.09. The molecule has 0 atom stereocenters. The Balaban J connectivity index is 1.94. The Bertz CT molecular complexity index is 337. The molecular formula is C11H18N4O. The number of nitrogens with zero attached hydrogens (tertiary/aromatic N) is 3. The fourth-order valence-corrected chi connectivity index (χ4v) is 2.09. The van der Waals surface area contributed by atoms with Gasteiger partial charge in [-0.3, -0.25) is 4.98 Å². The largest absolute Gasteiger partial charge is 0.384 e. The molecule has 1 aromatic heterocycles. The molecule has 0 aromatic carbocycles. The standard InChI is InChI=1S/C11H18N4O/c1-16-8-9-2-4-15(5-3-9)11-7-13-6-10(12)14-11/h6-7,9H,2-5,8H2,1H3,(H2,12,14). The van der Waals surface area contributed by atoms with Crippen LogP contribution in [0.3, 0.4) is 0 Å². The number of rotatable bonds is 3. The van der Waals surface area contributed by atoms with Gasteiger partial charge >= 0.3 is 0 Å². The maximum atomic E-state index is 5.62. The minimum Gasteiger partial charge on any atom is -0.384 e. The van der Waals surface area contributed by atoms with Gasteiger partial charge in [0.05, 0.1) is 12.4 Å². The molecule has 1 fully saturated rings. The van der Waals surface area contributed by atoms with Crippen LogP contribution in [0.4, 0.5) is 11.6 Å². The van der Waals surface area contributed by atoms with Gasteiger partial charge in [0.1, 0.15) is 11.6 Å². The molecule has 0 bridgehead atoms. The lowest BCUT2D eigenvalue weighted by Gasteiger charge is -2.32. The molecule has 2 N–H and O–H groups in total. The van der Waals surface area contributed by atoms with Crippen LogP contribution in [0.2, 0.25) is 0 Å². The molecule has 0 unspecified atom stereocenters. The number of aromatic nitrogens is 2. The topological polar surface area (TPSA) is 64.3 Å². The third-order valence-electron chi connectivity index (χ3n) is 2.98. The van der Waals surface area contributed by atoms with Crippen LogP contribution in [0, 0.1) is 5.92 Å². The zero-order chi connectivity index (χ0) is 11.4. The van der Waals surface area contributed by atoms with Crippen molar-refractivity contribution in [1.29, 1.82) is 0 Å². The van der Waals surface area contributed by atoms with Crippen molar-refractivity contribution in [3.8, 4) is 0 Å². The van der Waals surface area contributed by atoms with E-state index in [4.69, 9.17) is 10.5 Å². The van der Waals surface area contributed by atoms with Crippen LogP contribution in [0.5, 0.6) is 0 Å². The van der Waals surface area contributed by atoms with E-state index in [1.807, 2.05) is 0 Å². The molecule has 16 heavy (non-hydrogen) atoms. The molecule has 0 aliphatic carbocycles. The summed E-state index contributed by atoms with van der Waals surface area (Å²) in [7, 11) is 1.76. The van der Waals surface area contributed by atoms with Crippen LogP contribution < -0.4 is 10.6 Å². The van der Waals surface area contributed by atoms with Crippen molar-refractivity contribution in [2.75, 3.05) is 37.4 Å². The van der Waals surface area contributed by atoms with Gasteiger partial charge in [-0.2, -0.15) is 0 Å². The highest BCUT2D eigenvalue weighted by molar-refractivity contribution is 5.41. The Morgan fingerprint density at radius 2 is 2.19 bits per heavy atom. The summed E-state index contributed by atoms with van der Waals surface area (Å²) in [5.74, 6) is 2.04. The maximum Gasteiger partial charge on any atom is 0.149 e. The van der Waals surface area contributed by atoms with Gasteiger partial charge in [-0.05, 0) is 18.8 Å². The first-order chi connectivity index (χ1) is 7.79. The number of methoxy groups -OCH3 is 1. The number of ether oxygens (including phenoxy) is 1. The van der Waals surface area contributed by atoms with Crippen molar-refractivity contribution in [2.24, 2.45) is 5.92 Å². The molecule has 0 amide bonds. The van der Waals surface area contributed by atoms with Crippen LogP contribution in [0.25, 0.3) is 0 Å². The second kappa shape index (κ2) is 5.12. The van der Waals surface area contributed by atoms with E-state index in [2.05, 4.69) is 14.9 Å². The molecule has 1 aliphatic rings. The van der Waals surface area contributed by atoms with E-state index in [0.29, 0.717) is 11.7 Å². The van der Waals surface area contributed by atoms with Crippen LogP contribution in [0.15, 0.2) is 12.4 Å². The maximum absolute atomic E-state index is 5.62. The Morgan fingerprint density at radius 3 is 2.81 bits per heavy atom. The lowest BCUT2D eigenvalue weighted by atomic mass is 9.98. The van der Waals surface area contributed by atoms with Gasteiger partial charge in [-0.25, -0.2) is 4.98 Å². The number of hydrogen-bond donors (Lipinski definition) is 1. The predicted octanol–water partition coefficient (Wildman–Crippen LogP) is 0.922. The van der Waals surface area contributed by atoms with Gasteiger partial charge in [0.2, 0.25) is 0 Å². The van der Waals surface area contributed by atoms with Gasteiger partial charge in [0.25, 0.3) is 0 Å². The Morgan fingerprint density at radius 1 is 1.44 bits per heavy atom. The predicted molar refractivity (Wildman–Crippen MR) is 63.3 cm³/mol. The summed E-state index contributed by atoms with van der Waals surface area (Å²) in [5, 5.41) is 0. The molecule has 88 valence electrons. The number of nitrogen functional groups attached to an aromatic ring is 1. The molecule has 0 radical (unpaired) electrons. The molecule has 2 rings (SSSR count).